The topological polar surface area (TPSA) is 94.4 Å². The van der Waals surface area contributed by atoms with Gasteiger partial charge in [0.2, 0.25) is 0 Å². The summed E-state index contributed by atoms with van der Waals surface area (Å²) in [7, 11) is 0. The molecule has 1 aliphatic carbocycles. The number of amides is 1. The van der Waals surface area contributed by atoms with Crippen LogP contribution in [0.15, 0.2) is 22.5 Å². The molecule has 1 saturated carbocycles. The van der Waals surface area contributed by atoms with Gasteiger partial charge in [0, 0.05) is 25.4 Å². The molecule has 1 saturated heterocycles. The third-order valence-electron chi connectivity index (χ3n) is 8.28. The maximum atomic E-state index is 13.0. The molecule has 2 aliphatic heterocycles. The number of nitrogens with one attached hydrogen (secondary N) is 1. The summed E-state index contributed by atoms with van der Waals surface area (Å²) in [6.07, 6.45) is 0.859. The molecule has 1 amide bonds. The van der Waals surface area contributed by atoms with E-state index in [0.717, 1.165) is 61.3 Å². The Balaban J connectivity index is 1.26. The predicted molar refractivity (Wildman–Crippen MR) is 151 cm³/mol. The molecule has 0 bridgehead atoms. The van der Waals surface area contributed by atoms with E-state index >= 15 is 0 Å². The molecule has 7 nitrogen and oxygen atoms in total. The van der Waals surface area contributed by atoms with Crippen LogP contribution in [0.5, 0.6) is 5.75 Å². The van der Waals surface area contributed by atoms with Crippen LogP contribution in [0, 0.1) is 25.7 Å². The Morgan fingerprint density at radius 1 is 1.20 bits per heavy atom. The lowest BCUT2D eigenvalue weighted by Crippen LogP contribution is -2.47. The number of benzene rings is 1. The highest BCUT2D eigenvalue weighted by Gasteiger charge is 2.47. The lowest BCUT2D eigenvalue weighted by Gasteiger charge is -2.34. The molecule has 222 valence electrons. The van der Waals surface area contributed by atoms with Crippen LogP contribution in [0.3, 0.4) is 0 Å². The van der Waals surface area contributed by atoms with E-state index < -0.39 is 24.2 Å². The number of hydrogen-bond donors (Lipinski definition) is 3. The molecule has 3 aliphatic rings. The van der Waals surface area contributed by atoms with Crippen LogP contribution < -0.4 is 10.1 Å². The molecular formula is C29H40F3N3O4S. The molecular weight excluding hydrogens is 543 g/mol. The highest BCUT2D eigenvalue weighted by atomic mass is 32.2. The van der Waals surface area contributed by atoms with Crippen molar-refractivity contribution < 1.29 is 32.9 Å². The summed E-state index contributed by atoms with van der Waals surface area (Å²) in [6, 6.07) is 3.82. The van der Waals surface area contributed by atoms with E-state index in [0.29, 0.717) is 18.6 Å². The lowest BCUT2D eigenvalue weighted by atomic mass is 9.79. The third kappa shape index (κ3) is 8.02. The number of carbonyl (C=O) groups excluding carboxylic acids is 1. The third-order valence-corrected chi connectivity index (χ3v) is 9.20. The maximum absolute atomic E-state index is 13.0. The molecule has 1 atom stereocenters. The van der Waals surface area contributed by atoms with Gasteiger partial charge in [-0.1, -0.05) is 11.9 Å². The fraction of sp³-hybridized carbons (Fsp3) is 0.655. The number of hydrogen-bond acceptors (Lipinski definition) is 7. The van der Waals surface area contributed by atoms with E-state index in [1.54, 1.807) is 11.9 Å². The minimum absolute atomic E-state index is 0.0346. The zero-order chi connectivity index (χ0) is 28.9. The number of alkyl halides is 3. The highest BCUT2D eigenvalue weighted by Crippen LogP contribution is 2.38. The molecule has 3 N–H and O–H groups in total. The molecule has 0 unspecified atom stereocenters. The van der Waals surface area contributed by atoms with Crippen LogP contribution in [0.2, 0.25) is 0 Å². The molecule has 1 spiro atoms. The first-order valence-electron chi connectivity index (χ1n) is 14.1. The van der Waals surface area contributed by atoms with Crippen molar-refractivity contribution in [2.45, 2.75) is 83.0 Å². The average molecular weight is 584 g/mol. The zero-order valence-corrected chi connectivity index (χ0v) is 24.0. The minimum atomic E-state index is -4.10. The van der Waals surface area contributed by atoms with Crippen molar-refractivity contribution >= 4 is 29.8 Å². The fourth-order valence-electron chi connectivity index (χ4n) is 5.84. The van der Waals surface area contributed by atoms with Crippen molar-refractivity contribution in [1.82, 2.24) is 9.62 Å². The number of aliphatic hydroxyl groups excluding tert-OH is 2. The number of rotatable bonds is 10. The monoisotopic (exact) mass is 583 g/mol. The van der Waals surface area contributed by atoms with Crippen LogP contribution in [-0.4, -0.2) is 70.4 Å². The maximum Gasteiger partial charge on any atom is 0.389 e. The summed E-state index contributed by atoms with van der Waals surface area (Å²) in [5.74, 6) is 1.58. The smallest absolute Gasteiger partial charge is 0.389 e. The van der Waals surface area contributed by atoms with Crippen molar-refractivity contribution in [1.29, 1.82) is 0 Å². The van der Waals surface area contributed by atoms with Crippen molar-refractivity contribution in [2.75, 3.05) is 26.3 Å². The van der Waals surface area contributed by atoms with Crippen LogP contribution in [0.1, 0.15) is 68.1 Å². The van der Waals surface area contributed by atoms with Crippen molar-refractivity contribution in [3.05, 3.63) is 34.2 Å². The van der Waals surface area contributed by atoms with Crippen molar-refractivity contribution in [2.24, 2.45) is 16.8 Å². The van der Waals surface area contributed by atoms with Crippen LogP contribution in [-0.2, 0) is 4.79 Å². The molecule has 11 heteroatoms. The van der Waals surface area contributed by atoms with Gasteiger partial charge >= 0.3 is 6.18 Å². The van der Waals surface area contributed by atoms with Crippen molar-refractivity contribution in [3.63, 3.8) is 0 Å². The number of aryl methyl sites for hydroxylation is 2. The van der Waals surface area contributed by atoms with Gasteiger partial charge in [-0.3, -0.25) is 9.79 Å². The molecule has 40 heavy (non-hydrogen) atoms. The van der Waals surface area contributed by atoms with Crippen LogP contribution in [0.25, 0.3) is 6.08 Å². The van der Waals surface area contributed by atoms with E-state index in [4.69, 9.17) is 14.8 Å². The molecule has 0 aromatic heterocycles. The molecule has 2 heterocycles. The zero-order valence-electron chi connectivity index (χ0n) is 23.2. The van der Waals surface area contributed by atoms with Crippen LogP contribution >= 0.6 is 11.9 Å². The highest BCUT2D eigenvalue weighted by molar-refractivity contribution is 8.00. The molecule has 1 aromatic rings. The number of nitrogens with zero attached hydrogens (tertiary/aromatic N) is 2. The normalized spacial score (nSPS) is 24.4. The minimum Gasteiger partial charge on any atom is -0.491 e. The molecule has 1 aromatic carbocycles. The summed E-state index contributed by atoms with van der Waals surface area (Å²) in [5, 5.41) is 23.5. The number of aliphatic imine (C=N–C) groups is 1. The van der Waals surface area contributed by atoms with Gasteiger partial charge < -0.3 is 20.3 Å². The van der Waals surface area contributed by atoms with E-state index in [1.165, 1.54) is 0 Å². The summed E-state index contributed by atoms with van der Waals surface area (Å²) in [5.41, 5.74) is 2.45. The first kappa shape index (κ1) is 30.9. The first-order valence-corrected chi connectivity index (χ1v) is 14.9. The van der Waals surface area contributed by atoms with Crippen LogP contribution in [0.4, 0.5) is 13.2 Å². The van der Waals surface area contributed by atoms with Gasteiger partial charge in [0.05, 0.1) is 6.61 Å². The van der Waals surface area contributed by atoms with Gasteiger partial charge in [-0.15, -0.1) is 0 Å². The second-order valence-electron chi connectivity index (χ2n) is 11.3. The second-order valence-corrected chi connectivity index (χ2v) is 12.3. The van der Waals surface area contributed by atoms with E-state index in [9.17, 15) is 23.1 Å². The number of halogens is 3. The largest absolute Gasteiger partial charge is 0.491 e. The molecule has 2 fully saturated rings. The van der Waals surface area contributed by atoms with E-state index in [1.807, 2.05) is 31.4 Å². The van der Waals surface area contributed by atoms with E-state index in [2.05, 4.69) is 15.7 Å². The summed E-state index contributed by atoms with van der Waals surface area (Å²) < 4.78 is 45.5. The second kappa shape index (κ2) is 13.3. The Kier molecular flexibility index (Phi) is 10.2. The summed E-state index contributed by atoms with van der Waals surface area (Å²) in [4.78, 5) is 17.9. The van der Waals surface area contributed by atoms with Crippen molar-refractivity contribution in [3.8, 4) is 5.75 Å². The fourth-order valence-corrected chi connectivity index (χ4v) is 6.60. The summed E-state index contributed by atoms with van der Waals surface area (Å²) in [6.45, 7) is 5.14. The molecule has 0 radical (unpaired) electrons. The Bertz CT molecular complexity index is 1070. The number of ether oxygens (including phenoxy) is 1. The van der Waals surface area contributed by atoms with Gasteiger partial charge in [-0.25, -0.2) is 4.31 Å². The van der Waals surface area contributed by atoms with Gasteiger partial charge in [-0.05, 0) is 105 Å². The Hall–Kier alpha value is -2.08. The van der Waals surface area contributed by atoms with Gasteiger partial charge in [0.1, 0.15) is 29.8 Å². The van der Waals surface area contributed by atoms with Gasteiger partial charge in [-0.2, -0.15) is 13.2 Å². The standard InChI is InChI=1S/C29H40F3N3O4S/c1-19-15-24(39-18-23(37)17-36)16-20(2)25(19)8-14-40-35-12-10-28(11-13-35)27(38)33-26(34-28)22-5-3-21(4-6-22)7-9-29(30,31)32/h8,14-16,21-23,36-37H,3-7,9-13,17-18H2,1-2H3,(H,33,34,38)/b14-8+/t21?,22?,23-/m1/s1. The van der Waals surface area contributed by atoms with E-state index in [-0.39, 0.29) is 37.4 Å². The van der Waals surface area contributed by atoms with Gasteiger partial charge in [0.25, 0.3) is 5.91 Å². The van der Waals surface area contributed by atoms with Gasteiger partial charge in [0.15, 0.2) is 0 Å². The Morgan fingerprint density at radius 3 is 2.45 bits per heavy atom. The predicted octanol–water partition coefficient (Wildman–Crippen LogP) is 5.17. The SMILES string of the molecule is Cc1cc(OC[C@H](O)CO)cc(C)c1/C=C/SN1CCC2(CC1)N=C(C1CCC(CCC(F)(F)F)CC1)NC2=O. The lowest BCUT2D eigenvalue weighted by molar-refractivity contribution is -0.138. The number of aliphatic hydroxyl groups is 2. The number of piperidine rings is 1. The number of carbonyl (C=O) groups is 1. The quantitative estimate of drug-likeness (QED) is 0.329. The summed E-state index contributed by atoms with van der Waals surface area (Å²) >= 11 is 1.61. The average Bonchev–Trinajstić information content (AvgIpc) is 3.23. The Labute approximate surface area is 238 Å². The number of amidine groups is 1. The Morgan fingerprint density at radius 2 is 1.85 bits per heavy atom. The molecule has 4 rings (SSSR count). The first-order chi connectivity index (χ1) is 19.0.